The molecule has 32 heavy (non-hydrogen) atoms. The minimum absolute atomic E-state index is 0.314. The summed E-state index contributed by atoms with van der Waals surface area (Å²) in [6.45, 7) is 3.14. The number of rotatable bonds is 8. The van der Waals surface area contributed by atoms with Crippen molar-refractivity contribution >= 4 is 11.6 Å². The van der Waals surface area contributed by atoms with Gasteiger partial charge in [-0.3, -0.25) is 14.7 Å². The van der Waals surface area contributed by atoms with Gasteiger partial charge in [0.25, 0.3) is 0 Å². The first kappa shape index (κ1) is 21.6. The van der Waals surface area contributed by atoms with Crippen molar-refractivity contribution in [3.05, 3.63) is 84.2 Å². The van der Waals surface area contributed by atoms with Gasteiger partial charge in [0.2, 0.25) is 5.91 Å². The number of carbonyl (C=O) groups is 1. The van der Waals surface area contributed by atoms with Crippen molar-refractivity contribution < 1.29 is 14.3 Å². The molecule has 1 fully saturated rings. The van der Waals surface area contributed by atoms with Crippen LogP contribution in [-0.2, 0) is 17.9 Å². The van der Waals surface area contributed by atoms with Crippen molar-refractivity contribution in [3.8, 4) is 11.5 Å². The number of carbonyl (C=O) groups excluding carboxylic acids is 1. The number of hydrogen-bond donors (Lipinski definition) is 1. The zero-order valence-corrected chi connectivity index (χ0v) is 18.2. The van der Waals surface area contributed by atoms with Crippen LogP contribution in [0.15, 0.2) is 72.9 Å². The third-order valence-corrected chi connectivity index (χ3v) is 5.65. The summed E-state index contributed by atoms with van der Waals surface area (Å²) in [5.41, 5.74) is 8.79. The maximum absolute atomic E-state index is 12.3. The molecular formula is C25H28N4O3. The highest BCUT2D eigenvalue weighted by molar-refractivity contribution is 5.81. The Hall–Kier alpha value is -3.58. The molecule has 2 N–H and O–H groups in total. The van der Waals surface area contributed by atoms with E-state index >= 15 is 0 Å². The summed E-state index contributed by atoms with van der Waals surface area (Å²) in [5.74, 6) is 1.27. The Balaban J connectivity index is 1.40. The first-order valence-corrected chi connectivity index (χ1v) is 10.7. The van der Waals surface area contributed by atoms with E-state index in [0.29, 0.717) is 19.7 Å². The van der Waals surface area contributed by atoms with Crippen LogP contribution in [0.1, 0.15) is 11.3 Å². The lowest BCUT2D eigenvalue weighted by molar-refractivity contribution is -0.123. The van der Waals surface area contributed by atoms with Crippen LogP contribution in [0.4, 0.5) is 5.69 Å². The maximum atomic E-state index is 12.3. The van der Waals surface area contributed by atoms with Gasteiger partial charge in [0, 0.05) is 38.1 Å². The molecule has 1 atom stereocenters. The lowest BCUT2D eigenvalue weighted by Crippen LogP contribution is -2.57. The first-order chi connectivity index (χ1) is 15.6. The summed E-state index contributed by atoms with van der Waals surface area (Å²) in [4.78, 5) is 20.9. The second-order valence-electron chi connectivity index (χ2n) is 7.79. The predicted molar refractivity (Wildman–Crippen MR) is 124 cm³/mol. The summed E-state index contributed by atoms with van der Waals surface area (Å²) in [5, 5.41) is 0. The van der Waals surface area contributed by atoms with Crippen molar-refractivity contribution in [2.75, 3.05) is 31.6 Å². The van der Waals surface area contributed by atoms with E-state index in [0.717, 1.165) is 41.5 Å². The third-order valence-electron chi connectivity index (χ3n) is 5.65. The molecule has 1 unspecified atom stereocenters. The number of ether oxygens (including phenoxy) is 2. The highest BCUT2D eigenvalue weighted by Crippen LogP contribution is 2.24. The second-order valence-corrected chi connectivity index (χ2v) is 7.79. The monoisotopic (exact) mass is 432 g/mol. The molecule has 2 heterocycles. The third kappa shape index (κ3) is 5.36. The summed E-state index contributed by atoms with van der Waals surface area (Å²) in [6.07, 6.45) is 1.75. The number of methoxy groups -OCH3 is 1. The summed E-state index contributed by atoms with van der Waals surface area (Å²) < 4.78 is 11.1. The highest BCUT2D eigenvalue weighted by atomic mass is 16.5. The van der Waals surface area contributed by atoms with Crippen molar-refractivity contribution in [2.24, 2.45) is 5.73 Å². The molecule has 2 aromatic carbocycles. The van der Waals surface area contributed by atoms with Crippen molar-refractivity contribution in [2.45, 2.75) is 19.2 Å². The largest absolute Gasteiger partial charge is 0.497 e. The van der Waals surface area contributed by atoms with Gasteiger partial charge in [-0.15, -0.1) is 0 Å². The quantitative estimate of drug-likeness (QED) is 0.590. The van der Waals surface area contributed by atoms with Gasteiger partial charge in [0.1, 0.15) is 24.1 Å². The minimum Gasteiger partial charge on any atom is -0.497 e. The number of aromatic nitrogens is 1. The van der Waals surface area contributed by atoms with Crippen LogP contribution in [-0.4, -0.2) is 48.6 Å². The Morgan fingerprint density at radius 3 is 2.62 bits per heavy atom. The van der Waals surface area contributed by atoms with Gasteiger partial charge in [-0.25, -0.2) is 0 Å². The molecule has 0 radical (unpaired) electrons. The topological polar surface area (TPSA) is 80.9 Å². The second kappa shape index (κ2) is 10.2. The lowest BCUT2D eigenvalue weighted by atomic mass is 10.1. The standard InChI is InChI=1S/C25H28N4O3/c1-31-22-10-8-21(9-11-22)28-13-14-29(24(17-28)25(26)30)16-19-5-4-7-23(15-19)32-18-20-6-2-3-12-27-20/h2-12,15,24H,13-14,16-18H2,1H3,(H2,26,30). The van der Waals surface area contributed by atoms with E-state index < -0.39 is 0 Å². The van der Waals surface area contributed by atoms with Crippen LogP contribution in [0.25, 0.3) is 0 Å². The van der Waals surface area contributed by atoms with Gasteiger partial charge in [-0.05, 0) is 54.1 Å². The van der Waals surface area contributed by atoms with Gasteiger partial charge in [0.15, 0.2) is 0 Å². The van der Waals surface area contributed by atoms with E-state index in [-0.39, 0.29) is 11.9 Å². The number of benzene rings is 2. The van der Waals surface area contributed by atoms with E-state index in [1.165, 1.54) is 0 Å². The molecule has 0 aliphatic carbocycles. The van der Waals surface area contributed by atoms with E-state index in [4.69, 9.17) is 15.2 Å². The van der Waals surface area contributed by atoms with Crippen molar-refractivity contribution in [1.29, 1.82) is 0 Å². The molecule has 7 nitrogen and oxygen atoms in total. The SMILES string of the molecule is COc1ccc(N2CCN(Cc3cccc(OCc4ccccn4)c3)C(C(N)=O)C2)cc1. The molecule has 7 heteroatoms. The van der Waals surface area contributed by atoms with Gasteiger partial charge >= 0.3 is 0 Å². The Labute approximate surface area is 188 Å². The smallest absolute Gasteiger partial charge is 0.236 e. The minimum atomic E-state index is -0.371. The molecule has 1 amide bonds. The number of anilines is 1. The highest BCUT2D eigenvalue weighted by Gasteiger charge is 2.31. The van der Waals surface area contributed by atoms with Gasteiger partial charge in [-0.1, -0.05) is 18.2 Å². The molecule has 1 aliphatic rings. The Morgan fingerprint density at radius 1 is 1.06 bits per heavy atom. The fourth-order valence-electron chi connectivity index (χ4n) is 3.92. The molecule has 1 aliphatic heterocycles. The van der Waals surface area contributed by atoms with Crippen LogP contribution >= 0.6 is 0 Å². The summed E-state index contributed by atoms with van der Waals surface area (Å²) in [7, 11) is 1.65. The molecule has 166 valence electrons. The predicted octanol–water partition coefficient (Wildman–Crippen LogP) is 2.85. The molecule has 3 aromatic rings. The average Bonchev–Trinajstić information content (AvgIpc) is 2.84. The number of piperazine rings is 1. The molecule has 0 saturated carbocycles. The summed E-state index contributed by atoms with van der Waals surface area (Å²) in [6, 6.07) is 21.2. The Bertz CT molecular complexity index is 1030. The normalized spacial score (nSPS) is 16.5. The number of pyridine rings is 1. The van der Waals surface area contributed by atoms with E-state index in [2.05, 4.69) is 14.8 Å². The van der Waals surface area contributed by atoms with Gasteiger partial charge in [-0.2, -0.15) is 0 Å². The number of hydrogen-bond acceptors (Lipinski definition) is 6. The molecule has 4 rings (SSSR count). The molecular weight excluding hydrogens is 404 g/mol. The van der Waals surface area contributed by atoms with Crippen molar-refractivity contribution in [1.82, 2.24) is 9.88 Å². The number of amides is 1. The first-order valence-electron chi connectivity index (χ1n) is 10.7. The number of primary amides is 1. The Morgan fingerprint density at radius 2 is 1.91 bits per heavy atom. The number of nitrogens with two attached hydrogens (primary N) is 1. The average molecular weight is 433 g/mol. The Kier molecular flexibility index (Phi) is 6.87. The molecule has 1 saturated heterocycles. The van der Waals surface area contributed by atoms with E-state index in [9.17, 15) is 4.79 Å². The molecule has 0 bridgehead atoms. The zero-order chi connectivity index (χ0) is 22.3. The molecule has 0 spiro atoms. The van der Waals surface area contributed by atoms with Crippen LogP contribution in [0.2, 0.25) is 0 Å². The summed E-state index contributed by atoms with van der Waals surface area (Å²) >= 11 is 0. The zero-order valence-electron chi connectivity index (χ0n) is 18.2. The van der Waals surface area contributed by atoms with Gasteiger partial charge < -0.3 is 20.1 Å². The number of nitrogens with zero attached hydrogens (tertiary/aromatic N) is 3. The van der Waals surface area contributed by atoms with Crippen LogP contribution in [0, 0.1) is 0 Å². The van der Waals surface area contributed by atoms with E-state index in [1.54, 1.807) is 13.3 Å². The fourth-order valence-corrected chi connectivity index (χ4v) is 3.92. The van der Waals surface area contributed by atoms with Gasteiger partial charge in [0.05, 0.1) is 12.8 Å². The van der Waals surface area contributed by atoms with Crippen molar-refractivity contribution in [3.63, 3.8) is 0 Å². The maximum Gasteiger partial charge on any atom is 0.236 e. The fraction of sp³-hybridized carbons (Fsp3) is 0.280. The van der Waals surface area contributed by atoms with E-state index in [1.807, 2.05) is 66.7 Å². The van der Waals surface area contributed by atoms with Crippen LogP contribution < -0.4 is 20.1 Å². The lowest BCUT2D eigenvalue weighted by Gasteiger charge is -2.41. The molecule has 1 aromatic heterocycles. The van der Waals surface area contributed by atoms with Crippen LogP contribution in [0.5, 0.6) is 11.5 Å². The van der Waals surface area contributed by atoms with Crippen LogP contribution in [0.3, 0.4) is 0 Å².